The number of imidazole rings is 1. The van der Waals surface area contributed by atoms with Gasteiger partial charge >= 0.3 is 0 Å². The van der Waals surface area contributed by atoms with Crippen LogP contribution in [-0.4, -0.2) is 31.3 Å². The number of hydrogen-bond acceptors (Lipinski definition) is 4. The molecule has 20 heavy (non-hydrogen) atoms. The first-order chi connectivity index (χ1) is 9.83. The third-order valence-electron chi connectivity index (χ3n) is 3.74. The summed E-state index contributed by atoms with van der Waals surface area (Å²) >= 11 is 1.87. The molecule has 0 aromatic carbocycles. The monoisotopic (exact) mass is 287 g/mol. The molecule has 104 valence electrons. The fourth-order valence-corrected chi connectivity index (χ4v) is 3.34. The molecule has 0 unspecified atom stereocenters. The second kappa shape index (κ2) is 4.79. The summed E-state index contributed by atoms with van der Waals surface area (Å²) in [5, 5.41) is 1.99. The van der Waals surface area contributed by atoms with Crippen LogP contribution in [-0.2, 0) is 13.5 Å². The molecular formula is C14H17N5S. The van der Waals surface area contributed by atoms with E-state index in [4.69, 9.17) is 4.98 Å². The molecule has 6 heteroatoms. The quantitative estimate of drug-likeness (QED) is 0.559. The van der Waals surface area contributed by atoms with Crippen molar-refractivity contribution < 1.29 is 0 Å². The van der Waals surface area contributed by atoms with E-state index >= 15 is 0 Å². The number of fused-ring (bicyclic) bond motifs is 3. The van der Waals surface area contributed by atoms with Crippen LogP contribution in [0.5, 0.6) is 0 Å². The van der Waals surface area contributed by atoms with Crippen molar-refractivity contribution in [2.24, 2.45) is 7.05 Å². The number of hydrogen-bond donors (Lipinski definition) is 2. The van der Waals surface area contributed by atoms with Crippen molar-refractivity contribution in [2.45, 2.75) is 24.5 Å². The van der Waals surface area contributed by atoms with Crippen molar-refractivity contribution in [3.63, 3.8) is 0 Å². The number of aromatic amines is 1. The molecule has 4 rings (SSSR count). The van der Waals surface area contributed by atoms with Gasteiger partial charge in [0, 0.05) is 36.8 Å². The van der Waals surface area contributed by atoms with E-state index in [1.807, 2.05) is 24.3 Å². The minimum absolute atomic E-state index is 0.846. The lowest BCUT2D eigenvalue weighted by atomic mass is 10.3. The second-order valence-electron chi connectivity index (χ2n) is 5.28. The van der Waals surface area contributed by atoms with Gasteiger partial charge in [-0.2, -0.15) is 0 Å². The molecule has 3 aromatic rings. The average molecular weight is 287 g/mol. The number of pyridine rings is 1. The summed E-state index contributed by atoms with van der Waals surface area (Å²) in [7, 11) is 2.09. The van der Waals surface area contributed by atoms with Crippen molar-refractivity contribution in [2.75, 3.05) is 6.54 Å². The maximum absolute atomic E-state index is 4.71. The van der Waals surface area contributed by atoms with Gasteiger partial charge < -0.3 is 9.55 Å². The molecule has 0 radical (unpaired) electrons. The highest BCUT2D eigenvalue weighted by molar-refractivity contribution is 7.98. The van der Waals surface area contributed by atoms with Crippen LogP contribution in [0.1, 0.15) is 18.7 Å². The Bertz CT molecular complexity index is 755. The number of aryl methyl sites for hydroxylation is 1. The van der Waals surface area contributed by atoms with Crippen LogP contribution in [0.25, 0.3) is 22.1 Å². The van der Waals surface area contributed by atoms with Gasteiger partial charge in [-0.25, -0.2) is 9.97 Å². The van der Waals surface area contributed by atoms with Gasteiger partial charge in [-0.15, -0.1) is 0 Å². The van der Waals surface area contributed by atoms with Crippen molar-refractivity contribution in [1.82, 2.24) is 24.2 Å². The molecule has 1 saturated carbocycles. The van der Waals surface area contributed by atoms with Crippen molar-refractivity contribution in [1.29, 1.82) is 0 Å². The van der Waals surface area contributed by atoms with Crippen LogP contribution in [0.15, 0.2) is 18.5 Å². The number of nitrogens with zero attached hydrogens (tertiary/aromatic N) is 3. The Morgan fingerprint density at radius 3 is 3.25 bits per heavy atom. The number of aromatic nitrogens is 4. The van der Waals surface area contributed by atoms with E-state index in [1.54, 1.807) is 0 Å². The molecule has 0 spiro atoms. The SMILES string of the molecule is Cn1c(CCNSC2CC2)nc2cnc3[nH]ccc3c21. The summed E-state index contributed by atoms with van der Waals surface area (Å²) in [5.74, 6) is 1.11. The van der Waals surface area contributed by atoms with Gasteiger partial charge in [-0.05, 0) is 18.9 Å². The van der Waals surface area contributed by atoms with Crippen LogP contribution < -0.4 is 4.72 Å². The van der Waals surface area contributed by atoms with Crippen LogP contribution in [0.3, 0.4) is 0 Å². The first kappa shape index (κ1) is 12.2. The Labute approximate surface area is 121 Å². The predicted octanol–water partition coefficient (Wildman–Crippen LogP) is 2.39. The largest absolute Gasteiger partial charge is 0.346 e. The maximum atomic E-state index is 4.71. The Morgan fingerprint density at radius 2 is 2.40 bits per heavy atom. The third kappa shape index (κ3) is 2.09. The lowest BCUT2D eigenvalue weighted by Crippen LogP contribution is -2.12. The lowest BCUT2D eigenvalue weighted by molar-refractivity contribution is 0.776. The molecule has 0 saturated heterocycles. The molecule has 1 aliphatic rings. The van der Waals surface area contributed by atoms with E-state index < -0.39 is 0 Å². The molecular weight excluding hydrogens is 270 g/mol. The smallest absolute Gasteiger partial charge is 0.139 e. The highest BCUT2D eigenvalue weighted by Gasteiger charge is 2.21. The summed E-state index contributed by atoms with van der Waals surface area (Å²) in [6.07, 6.45) is 7.45. The fourth-order valence-electron chi connectivity index (χ4n) is 2.51. The second-order valence-corrected chi connectivity index (χ2v) is 6.47. The Morgan fingerprint density at radius 1 is 1.50 bits per heavy atom. The van der Waals surface area contributed by atoms with Crippen LogP contribution in [0.4, 0.5) is 0 Å². The van der Waals surface area contributed by atoms with Gasteiger partial charge in [0.05, 0.1) is 11.7 Å². The van der Waals surface area contributed by atoms with E-state index in [9.17, 15) is 0 Å². The molecule has 5 nitrogen and oxygen atoms in total. The summed E-state index contributed by atoms with van der Waals surface area (Å²) in [4.78, 5) is 12.3. The first-order valence-corrected chi connectivity index (χ1v) is 7.87. The zero-order chi connectivity index (χ0) is 13.5. The summed E-state index contributed by atoms with van der Waals surface area (Å²) in [6.45, 7) is 0.960. The molecule has 0 amide bonds. The highest BCUT2D eigenvalue weighted by Crippen LogP contribution is 2.31. The molecule has 0 aliphatic heterocycles. The Hall–Kier alpha value is -1.53. The van der Waals surface area contributed by atoms with Gasteiger partial charge in [0.25, 0.3) is 0 Å². The molecule has 2 N–H and O–H groups in total. The third-order valence-corrected chi connectivity index (χ3v) is 4.91. The van der Waals surface area contributed by atoms with E-state index in [-0.39, 0.29) is 0 Å². The average Bonchev–Trinajstić information content (AvgIpc) is 3.05. The number of rotatable bonds is 5. The zero-order valence-electron chi connectivity index (χ0n) is 11.4. The molecule has 3 aromatic heterocycles. The molecule has 3 heterocycles. The summed E-state index contributed by atoms with van der Waals surface area (Å²) in [6, 6.07) is 2.07. The van der Waals surface area contributed by atoms with Crippen molar-refractivity contribution in [3.05, 3.63) is 24.3 Å². The first-order valence-electron chi connectivity index (χ1n) is 6.99. The van der Waals surface area contributed by atoms with Gasteiger partial charge in [0.15, 0.2) is 0 Å². The van der Waals surface area contributed by atoms with E-state index in [0.29, 0.717) is 0 Å². The molecule has 0 atom stereocenters. The summed E-state index contributed by atoms with van der Waals surface area (Å²) in [5.41, 5.74) is 3.07. The van der Waals surface area contributed by atoms with E-state index in [0.717, 1.165) is 40.6 Å². The minimum Gasteiger partial charge on any atom is -0.346 e. The zero-order valence-corrected chi connectivity index (χ0v) is 12.2. The molecule has 1 fully saturated rings. The predicted molar refractivity (Wildman–Crippen MR) is 82.7 cm³/mol. The van der Waals surface area contributed by atoms with Gasteiger partial charge in [0.2, 0.25) is 0 Å². The molecule has 0 bridgehead atoms. The topological polar surface area (TPSA) is 58.5 Å². The van der Waals surface area contributed by atoms with E-state index in [1.165, 1.54) is 18.4 Å². The standard InChI is InChI=1S/C14H17N5S/c1-19-12(5-7-17-20-9-2-3-9)18-11-8-16-14-10(13(11)19)4-6-15-14/h4,6,8-9,17H,2-3,5,7H2,1H3,(H,15,16). The lowest BCUT2D eigenvalue weighted by Gasteiger charge is -2.04. The minimum atomic E-state index is 0.846. The van der Waals surface area contributed by atoms with Gasteiger partial charge in [-0.1, -0.05) is 11.9 Å². The van der Waals surface area contributed by atoms with Crippen molar-refractivity contribution in [3.8, 4) is 0 Å². The van der Waals surface area contributed by atoms with Gasteiger partial charge in [0.1, 0.15) is 17.0 Å². The van der Waals surface area contributed by atoms with E-state index in [2.05, 4.69) is 32.4 Å². The Balaban J connectivity index is 1.60. The summed E-state index contributed by atoms with van der Waals surface area (Å²) < 4.78 is 5.63. The van der Waals surface area contributed by atoms with Crippen molar-refractivity contribution >= 4 is 34.0 Å². The fraction of sp³-hybridized carbons (Fsp3) is 0.429. The van der Waals surface area contributed by atoms with Crippen LogP contribution in [0, 0.1) is 0 Å². The number of H-pyrrole nitrogens is 1. The van der Waals surface area contributed by atoms with Gasteiger partial charge in [-0.3, -0.25) is 4.72 Å². The Kier molecular flexibility index (Phi) is 2.93. The maximum Gasteiger partial charge on any atom is 0.139 e. The number of nitrogens with one attached hydrogen (secondary N) is 2. The van der Waals surface area contributed by atoms with Crippen LogP contribution in [0.2, 0.25) is 0 Å². The molecule has 1 aliphatic carbocycles. The normalized spacial score (nSPS) is 15.4. The van der Waals surface area contributed by atoms with Crippen LogP contribution >= 0.6 is 11.9 Å². The highest BCUT2D eigenvalue weighted by atomic mass is 32.2.